The fraction of sp³-hybridized carbons (Fsp3) is 0.154. The first-order valence-electron chi connectivity index (χ1n) is 5.49. The van der Waals surface area contributed by atoms with E-state index in [2.05, 4.69) is 5.32 Å². The molecule has 0 aliphatic rings. The van der Waals surface area contributed by atoms with Crippen molar-refractivity contribution in [3.63, 3.8) is 0 Å². The molecule has 6 heteroatoms. The van der Waals surface area contributed by atoms with Crippen LogP contribution >= 0.6 is 22.9 Å². The minimum atomic E-state index is -0.899. The monoisotopic (exact) mass is 297 g/mol. The highest BCUT2D eigenvalue weighted by Crippen LogP contribution is 2.28. The Hall–Kier alpha value is -1.72. The molecule has 1 heterocycles. The van der Waals surface area contributed by atoms with E-state index < -0.39 is 5.97 Å². The molecule has 0 radical (unpaired) electrons. The quantitative estimate of drug-likeness (QED) is 0.883. The van der Waals surface area contributed by atoms with Crippen LogP contribution in [0.5, 0.6) is 5.75 Å². The molecular formula is C13H12ClNO3S. The SMILES string of the molecule is COc1cc(NCc2ccc(C(=O)O)s2)ccc1Cl. The maximum absolute atomic E-state index is 10.8. The van der Waals surface area contributed by atoms with E-state index in [0.29, 0.717) is 22.2 Å². The van der Waals surface area contributed by atoms with Gasteiger partial charge in [-0.3, -0.25) is 0 Å². The number of nitrogens with one attached hydrogen (secondary N) is 1. The van der Waals surface area contributed by atoms with Crippen molar-refractivity contribution in [2.75, 3.05) is 12.4 Å². The maximum Gasteiger partial charge on any atom is 0.345 e. The Morgan fingerprint density at radius 3 is 2.84 bits per heavy atom. The third kappa shape index (κ3) is 3.39. The van der Waals surface area contributed by atoms with E-state index in [1.54, 1.807) is 31.4 Å². The zero-order chi connectivity index (χ0) is 13.8. The summed E-state index contributed by atoms with van der Waals surface area (Å²) in [6.07, 6.45) is 0. The van der Waals surface area contributed by atoms with E-state index in [4.69, 9.17) is 21.4 Å². The van der Waals surface area contributed by atoms with E-state index in [-0.39, 0.29) is 0 Å². The maximum atomic E-state index is 10.8. The van der Waals surface area contributed by atoms with Crippen molar-refractivity contribution < 1.29 is 14.6 Å². The van der Waals surface area contributed by atoms with Crippen LogP contribution in [0.2, 0.25) is 5.02 Å². The van der Waals surface area contributed by atoms with Crippen LogP contribution in [0.3, 0.4) is 0 Å². The number of carbonyl (C=O) groups is 1. The molecule has 0 amide bonds. The molecule has 19 heavy (non-hydrogen) atoms. The van der Waals surface area contributed by atoms with Gasteiger partial charge in [-0.15, -0.1) is 11.3 Å². The molecule has 0 spiro atoms. The van der Waals surface area contributed by atoms with E-state index in [9.17, 15) is 4.79 Å². The van der Waals surface area contributed by atoms with Gasteiger partial charge in [-0.25, -0.2) is 4.79 Å². The van der Waals surface area contributed by atoms with Crippen molar-refractivity contribution in [2.45, 2.75) is 6.54 Å². The van der Waals surface area contributed by atoms with E-state index in [1.807, 2.05) is 6.07 Å². The largest absolute Gasteiger partial charge is 0.495 e. The Balaban J connectivity index is 2.03. The normalized spacial score (nSPS) is 10.2. The smallest absolute Gasteiger partial charge is 0.345 e. The first-order chi connectivity index (χ1) is 9.10. The first-order valence-corrected chi connectivity index (χ1v) is 6.69. The Morgan fingerprint density at radius 2 is 2.21 bits per heavy atom. The second-order valence-corrected chi connectivity index (χ2v) is 5.35. The van der Waals surface area contributed by atoms with Crippen molar-refractivity contribution in [1.82, 2.24) is 0 Å². The summed E-state index contributed by atoms with van der Waals surface area (Å²) < 4.78 is 5.13. The lowest BCUT2D eigenvalue weighted by molar-refractivity contribution is 0.0702. The first kappa shape index (κ1) is 13.7. The zero-order valence-electron chi connectivity index (χ0n) is 10.1. The van der Waals surface area contributed by atoms with Crippen molar-refractivity contribution in [1.29, 1.82) is 0 Å². The van der Waals surface area contributed by atoms with Gasteiger partial charge in [0.1, 0.15) is 10.6 Å². The van der Waals surface area contributed by atoms with Crippen molar-refractivity contribution in [3.8, 4) is 5.75 Å². The fourth-order valence-electron chi connectivity index (χ4n) is 1.55. The average Bonchev–Trinajstić information content (AvgIpc) is 2.87. The van der Waals surface area contributed by atoms with Crippen LogP contribution in [0.15, 0.2) is 30.3 Å². The average molecular weight is 298 g/mol. The highest BCUT2D eigenvalue weighted by atomic mass is 35.5. The number of thiophene rings is 1. The van der Waals surface area contributed by atoms with Gasteiger partial charge in [-0.1, -0.05) is 11.6 Å². The van der Waals surface area contributed by atoms with Gasteiger partial charge >= 0.3 is 5.97 Å². The highest BCUT2D eigenvalue weighted by Gasteiger charge is 2.07. The molecule has 2 rings (SSSR count). The zero-order valence-corrected chi connectivity index (χ0v) is 11.7. The Morgan fingerprint density at radius 1 is 1.42 bits per heavy atom. The third-order valence-corrected chi connectivity index (χ3v) is 3.88. The summed E-state index contributed by atoms with van der Waals surface area (Å²) in [5.74, 6) is -0.298. The van der Waals surface area contributed by atoms with Gasteiger partial charge in [0.2, 0.25) is 0 Å². The highest BCUT2D eigenvalue weighted by molar-refractivity contribution is 7.13. The Bertz CT molecular complexity index is 597. The topological polar surface area (TPSA) is 58.6 Å². The molecule has 2 aromatic rings. The van der Waals surface area contributed by atoms with Crippen molar-refractivity contribution >= 4 is 34.6 Å². The van der Waals surface area contributed by atoms with Crippen LogP contribution < -0.4 is 10.1 Å². The lowest BCUT2D eigenvalue weighted by Gasteiger charge is -2.08. The molecule has 0 atom stereocenters. The number of hydrogen-bond acceptors (Lipinski definition) is 4. The lowest BCUT2D eigenvalue weighted by atomic mass is 10.3. The van der Waals surface area contributed by atoms with E-state index >= 15 is 0 Å². The van der Waals surface area contributed by atoms with Gasteiger partial charge < -0.3 is 15.2 Å². The predicted molar refractivity (Wildman–Crippen MR) is 76.6 cm³/mol. The molecule has 100 valence electrons. The second-order valence-electron chi connectivity index (χ2n) is 3.77. The minimum absolute atomic E-state index is 0.338. The number of halogens is 1. The number of anilines is 1. The van der Waals surface area contributed by atoms with E-state index in [0.717, 1.165) is 10.6 Å². The van der Waals surface area contributed by atoms with Gasteiger partial charge in [0, 0.05) is 23.2 Å². The number of aromatic carboxylic acids is 1. The fourth-order valence-corrected chi connectivity index (χ4v) is 2.53. The van der Waals surface area contributed by atoms with Gasteiger partial charge in [-0.05, 0) is 24.3 Å². The molecule has 0 saturated carbocycles. The Labute approximate surface area is 119 Å². The third-order valence-electron chi connectivity index (χ3n) is 2.49. The number of hydrogen-bond donors (Lipinski definition) is 2. The minimum Gasteiger partial charge on any atom is -0.495 e. The molecule has 4 nitrogen and oxygen atoms in total. The van der Waals surface area contributed by atoms with Crippen LogP contribution in [0, 0.1) is 0 Å². The Kier molecular flexibility index (Phi) is 4.29. The summed E-state index contributed by atoms with van der Waals surface area (Å²) in [6, 6.07) is 8.80. The second kappa shape index (κ2) is 5.95. The predicted octanol–water partition coefficient (Wildman–Crippen LogP) is 3.72. The van der Waals surface area contributed by atoms with Crippen LogP contribution in [-0.4, -0.2) is 18.2 Å². The molecule has 0 unspecified atom stereocenters. The van der Waals surface area contributed by atoms with Gasteiger partial charge in [0.15, 0.2) is 0 Å². The summed E-state index contributed by atoms with van der Waals surface area (Å²) in [5, 5.41) is 12.6. The number of benzene rings is 1. The molecule has 0 fully saturated rings. The van der Waals surface area contributed by atoms with Crippen LogP contribution in [0.4, 0.5) is 5.69 Å². The lowest BCUT2D eigenvalue weighted by Crippen LogP contribution is -1.98. The standard InChI is InChI=1S/C13H12ClNO3S/c1-18-11-6-8(2-4-10(11)14)15-7-9-3-5-12(19-9)13(16)17/h2-6,15H,7H2,1H3,(H,16,17). The van der Waals surface area contributed by atoms with Gasteiger partial charge in [0.05, 0.1) is 12.1 Å². The molecular weight excluding hydrogens is 286 g/mol. The summed E-state index contributed by atoms with van der Waals surface area (Å²) in [6.45, 7) is 0.558. The van der Waals surface area contributed by atoms with Crippen LogP contribution in [0.1, 0.15) is 14.5 Å². The van der Waals surface area contributed by atoms with Crippen LogP contribution in [-0.2, 0) is 6.54 Å². The van der Waals surface area contributed by atoms with Gasteiger partial charge in [-0.2, -0.15) is 0 Å². The molecule has 2 N–H and O–H groups in total. The van der Waals surface area contributed by atoms with E-state index in [1.165, 1.54) is 11.3 Å². The van der Waals surface area contributed by atoms with Crippen molar-refractivity contribution in [2.24, 2.45) is 0 Å². The number of carboxylic acids is 1. The summed E-state index contributed by atoms with van der Waals surface area (Å²) in [5.41, 5.74) is 0.867. The molecule has 1 aromatic heterocycles. The summed E-state index contributed by atoms with van der Waals surface area (Å²) >= 11 is 7.19. The number of rotatable bonds is 5. The number of carboxylic acid groups (broad SMARTS) is 1. The summed E-state index contributed by atoms with van der Waals surface area (Å²) in [7, 11) is 1.56. The molecule has 0 aliphatic carbocycles. The number of methoxy groups -OCH3 is 1. The van der Waals surface area contributed by atoms with Gasteiger partial charge in [0.25, 0.3) is 0 Å². The molecule has 1 aromatic carbocycles. The van der Waals surface area contributed by atoms with Crippen LogP contribution in [0.25, 0.3) is 0 Å². The molecule has 0 bridgehead atoms. The summed E-state index contributed by atoms with van der Waals surface area (Å²) in [4.78, 5) is 12.1. The number of ether oxygens (including phenoxy) is 1. The van der Waals surface area contributed by atoms with Crippen molar-refractivity contribution in [3.05, 3.63) is 45.1 Å². The molecule has 0 saturated heterocycles. The molecule has 0 aliphatic heterocycles.